The Morgan fingerprint density at radius 1 is 0.870 bits per heavy atom. The molecule has 4 rings (SSSR count). The van der Waals surface area contributed by atoms with Crippen LogP contribution in [-0.4, -0.2) is 9.55 Å². The van der Waals surface area contributed by atoms with Crippen LogP contribution in [0.5, 0.6) is 0 Å². The maximum atomic E-state index is 12.8. The molecule has 0 bridgehead atoms. The van der Waals surface area contributed by atoms with Gasteiger partial charge in [0.05, 0.1) is 17.4 Å². The van der Waals surface area contributed by atoms with Gasteiger partial charge in [0.1, 0.15) is 5.82 Å². The van der Waals surface area contributed by atoms with Crippen molar-refractivity contribution in [3.05, 3.63) is 88.5 Å². The minimum atomic E-state index is 0.0148. The van der Waals surface area contributed by atoms with Gasteiger partial charge in [0.2, 0.25) is 0 Å². The van der Waals surface area contributed by atoms with Crippen molar-refractivity contribution in [3.8, 4) is 0 Å². The lowest BCUT2D eigenvalue weighted by atomic mass is 10.0. The molecular formula is C20H16N2O. The number of aryl methyl sites for hydroxylation is 1. The molecule has 23 heavy (non-hydrogen) atoms. The van der Waals surface area contributed by atoms with Gasteiger partial charge in [-0.25, -0.2) is 4.98 Å². The van der Waals surface area contributed by atoms with Crippen molar-refractivity contribution < 1.29 is 0 Å². The summed E-state index contributed by atoms with van der Waals surface area (Å²) in [6, 6.07) is 21.9. The number of hydrogen-bond donors (Lipinski definition) is 0. The van der Waals surface area contributed by atoms with Gasteiger partial charge in [-0.2, -0.15) is 0 Å². The predicted octanol–water partition coefficient (Wildman–Crippen LogP) is 3.91. The summed E-state index contributed by atoms with van der Waals surface area (Å²) in [4.78, 5) is 17.4. The van der Waals surface area contributed by atoms with E-state index in [9.17, 15) is 4.79 Å². The molecule has 0 saturated carbocycles. The summed E-state index contributed by atoms with van der Waals surface area (Å²) in [5.74, 6) is 0.738. The summed E-state index contributed by atoms with van der Waals surface area (Å²) >= 11 is 0. The molecule has 3 heteroatoms. The summed E-state index contributed by atoms with van der Waals surface area (Å²) in [6.07, 6.45) is 0. The third-order valence-corrected chi connectivity index (χ3v) is 4.26. The Morgan fingerprint density at radius 2 is 1.57 bits per heavy atom. The van der Waals surface area contributed by atoms with Gasteiger partial charge in [-0.1, -0.05) is 54.6 Å². The Morgan fingerprint density at radius 3 is 2.43 bits per heavy atom. The Labute approximate surface area is 133 Å². The smallest absolute Gasteiger partial charge is 0.261 e. The lowest BCUT2D eigenvalue weighted by Gasteiger charge is -2.12. The summed E-state index contributed by atoms with van der Waals surface area (Å²) in [7, 11) is 0. The van der Waals surface area contributed by atoms with Gasteiger partial charge in [-0.3, -0.25) is 9.36 Å². The zero-order valence-electron chi connectivity index (χ0n) is 12.9. The van der Waals surface area contributed by atoms with E-state index in [-0.39, 0.29) is 5.56 Å². The highest BCUT2D eigenvalue weighted by molar-refractivity contribution is 5.85. The van der Waals surface area contributed by atoms with Crippen LogP contribution < -0.4 is 5.56 Å². The van der Waals surface area contributed by atoms with Crippen molar-refractivity contribution in [1.29, 1.82) is 0 Å². The lowest BCUT2D eigenvalue weighted by Crippen LogP contribution is -2.24. The largest absolute Gasteiger partial charge is 0.292 e. The topological polar surface area (TPSA) is 34.9 Å². The Hall–Kier alpha value is -2.94. The van der Waals surface area contributed by atoms with E-state index in [1.54, 1.807) is 4.57 Å². The number of rotatable bonds is 2. The molecule has 0 aliphatic carbocycles. The van der Waals surface area contributed by atoms with Gasteiger partial charge in [0, 0.05) is 0 Å². The maximum Gasteiger partial charge on any atom is 0.261 e. The van der Waals surface area contributed by atoms with Crippen LogP contribution in [0.4, 0.5) is 0 Å². The lowest BCUT2D eigenvalue weighted by molar-refractivity contribution is 0.716. The van der Waals surface area contributed by atoms with E-state index in [1.165, 1.54) is 10.8 Å². The molecule has 3 nitrogen and oxygen atoms in total. The first-order valence-electron chi connectivity index (χ1n) is 7.67. The van der Waals surface area contributed by atoms with Crippen LogP contribution in [-0.2, 0) is 6.54 Å². The minimum Gasteiger partial charge on any atom is -0.292 e. The molecule has 1 heterocycles. The van der Waals surface area contributed by atoms with E-state index in [0.717, 1.165) is 16.9 Å². The van der Waals surface area contributed by atoms with Crippen LogP contribution in [0.2, 0.25) is 0 Å². The summed E-state index contributed by atoms with van der Waals surface area (Å²) < 4.78 is 1.75. The SMILES string of the molecule is Cc1nc2ccccc2c(=O)n1Cc1cccc2ccccc12. The van der Waals surface area contributed by atoms with Crippen molar-refractivity contribution in [2.45, 2.75) is 13.5 Å². The van der Waals surface area contributed by atoms with Gasteiger partial charge < -0.3 is 0 Å². The van der Waals surface area contributed by atoms with Gasteiger partial charge in [-0.15, -0.1) is 0 Å². The van der Waals surface area contributed by atoms with Crippen LogP contribution in [0.3, 0.4) is 0 Å². The van der Waals surface area contributed by atoms with Crippen LogP contribution in [0.15, 0.2) is 71.5 Å². The van der Waals surface area contributed by atoms with Crippen LogP contribution in [0, 0.1) is 6.92 Å². The molecule has 1 aromatic heterocycles. The first-order valence-corrected chi connectivity index (χ1v) is 7.67. The maximum absolute atomic E-state index is 12.8. The molecule has 112 valence electrons. The molecule has 0 radical (unpaired) electrons. The summed E-state index contributed by atoms with van der Waals surface area (Å²) in [5, 5.41) is 3.03. The van der Waals surface area contributed by atoms with Gasteiger partial charge in [-0.05, 0) is 35.4 Å². The number of hydrogen-bond acceptors (Lipinski definition) is 2. The molecule has 0 aliphatic rings. The zero-order valence-corrected chi connectivity index (χ0v) is 12.9. The van der Waals surface area contributed by atoms with E-state index < -0.39 is 0 Å². The first-order chi connectivity index (χ1) is 11.2. The van der Waals surface area contributed by atoms with E-state index in [2.05, 4.69) is 29.2 Å². The molecule has 3 aromatic carbocycles. The summed E-state index contributed by atoms with van der Waals surface area (Å²) in [6.45, 7) is 2.42. The van der Waals surface area contributed by atoms with Crippen molar-refractivity contribution >= 4 is 21.7 Å². The molecule has 0 N–H and O–H groups in total. The molecule has 0 aliphatic heterocycles. The van der Waals surface area contributed by atoms with Crippen molar-refractivity contribution in [2.75, 3.05) is 0 Å². The minimum absolute atomic E-state index is 0.0148. The van der Waals surface area contributed by atoms with Gasteiger partial charge in [0.25, 0.3) is 5.56 Å². The molecule has 0 amide bonds. The molecule has 0 spiro atoms. The second-order valence-corrected chi connectivity index (χ2v) is 5.71. The average Bonchev–Trinajstić information content (AvgIpc) is 2.59. The first kappa shape index (κ1) is 13.7. The fourth-order valence-electron chi connectivity index (χ4n) is 3.07. The van der Waals surface area contributed by atoms with Gasteiger partial charge in [0.15, 0.2) is 0 Å². The molecule has 0 atom stereocenters. The monoisotopic (exact) mass is 300 g/mol. The zero-order chi connectivity index (χ0) is 15.8. The molecular weight excluding hydrogens is 284 g/mol. The standard InChI is InChI=1S/C20H16N2O/c1-14-21-19-12-5-4-11-18(19)20(23)22(14)13-16-9-6-8-15-7-2-3-10-17(15)16/h2-12H,13H2,1H3. The molecule has 0 saturated heterocycles. The third kappa shape index (κ3) is 2.30. The van der Waals surface area contributed by atoms with Crippen LogP contribution in [0.25, 0.3) is 21.7 Å². The van der Waals surface area contributed by atoms with E-state index in [0.29, 0.717) is 11.9 Å². The highest BCUT2D eigenvalue weighted by Gasteiger charge is 2.09. The van der Waals surface area contributed by atoms with Gasteiger partial charge >= 0.3 is 0 Å². The number of aromatic nitrogens is 2. The molecule has 0 unspecified atom stereocenters. The average molecular weight is 300 g/mol. The number of nitrogens with zero attached hydrogens (tertiary/aromatic N) is 2. The Balaban J connectivity index is 1.91. The second kappa shape index (κ2) is 5.36. The predicted molar refractivity (Wildman–Crippen MR) is 93.8 cm³/mol. The highest BCUT2D eigenvalue weighted by Crippen LogP contribution is 2.19. The number of benzene rings is 3. The quantitative estimate of drug-likeness (QED) is 0.562. The van der Waals surface area contributed by atoms with Crippen molar-refractivity contribution in [1.82, 2.24) is 9.55 Å². The molecule has 4 aromatic rings. The second-order valence-electron chi connectivity index (χ2n) is 5.71. The van der Waals surface area contributed by atoms with Crippen LogP contribution in [0.1, 0.15) is 11.4 Å². The fourth-order valence-corrected chi connectivity index (χ4v) is 3.07. The highest BCUT2D eigenvalue weighted by atomic mass is 16.1. The number of fused-ring (bicyclic) bond motifs is 2. The fraction of sp³-hybridized carbons (Fsp3) is 0.100. The normalized spacial score (nSPS) is 11.2. The van der Waals surface area contributed by atoms with Crippen LogP contribution >= 0.6 is 0 Å². The Kier molecular flexibility index (Phi) is 3.19. The van der Waals surface area contributed by atoms with E-state index in [4.69, 9.17) is 0 Å². The molecule has 0 fully saturated rings. The van der Waals surface area contributed by atoms with E-state index >= 15 is 0 Å². The third-order valence-electron chi connectivity index (χ3n) is 4.26. The van der Waals surface area contributed by atoms with Crippen molar-refractivity contribution in [2.24, 2.45) is 0 Å². The van der Waals surface area contributed by atoms with E-state index in [1.807, 2.05) is 49.4 Å². The summed E-state index contributed by atoms with van der Waals surface area (Å²) in [5.41, 5.74) is 1.90. The number of para-hydroxylation sites is 1. The Bertz CT molecular complexity index is 1070. The van der Waals surface area contributed by atoms with Crippen molar-refractivity contribution in [3.63, 3.8) is 0 Å².